The number of carbonyl (C=O) groups excluding carboxylic acids is 1. The van der Waals surface area contributed by atoms with Crippen LogP contribution in [-0.2, 0) is 0 Å². The summed E-state index contributed by atoms with van der Waals surface area (Å²) in [5.74, 6) is 1.47. The summed E-state index contributed by atoms with van der Waals surface area (Å²) < 4.78 is 10.6. The molecule has 7 nitrogen and oxygen atoms in total. The van der Waals surface area contributed by atoms with Gasteiger partial charge in [-0.2, -0.15) is 9.97 Å². The molecule has 162 valence electrons. The van der Waals surface area contributed by atoms with Crippen molar-refractivity contribution in [1.82, 2.24) is 15.3 Å². The molecule has 0 amide bonds. The van der Waals surface area contributed by atoms with Crippen LogP contribution >= 0.6 is 0 Å². The number of hydrogen-bond acceptors (Lipinski definition) is 7. The smallest absolute Gasteiger partial charge is 0.318 e. The first-order valence-electron chi connectivity index (χ1n) is 10.6. The summed E-state index contributed by atoms with van der Waals surface area (Å²) in [6.45, 7) is 0.704. The lowest BCUT2D eigenvalue weighted by atomic mass is 9.88. The zero-order valence-corrected chi connectivity index (χ0v) is 18.0. The fourth-order valence-electron chi connectivity index (χ4n) is 4.17. The molecule has 1 aliphatic carbocycles. The maximum Gasteiger partial charge on any atom is 0.318 e. The Kier molecular flexibility index (Phi) is 5.33. The highest BCUT2D eigenvalue weighted by atomic mass is 16.5. The van der Waals surface area contributed by atoms with Gasteiger partial charge in [0.05, 0.1) is 26.0 Å². The van der Waals surface area contributed by atoms with Gasteiger partial charge in [-0.05, 0) is 41.3 Å². The fraction of sp³-hybridized carbons (Fsp3) is 0.240. The van der Waals surface area contributed by atoms with Crippen LogP contribution in [0.5, 0.6) is 11.8 Å². The molecule has 2 unspecified atom stereocenters. The van der Waals surface area contributed by atoms with Crippen LogP contribution in [0.25, 0.3) is 16.8 Å². The molecule has 5 rings (SSSR count). The molecule has 1 fully saturated rings. The minimum absolute atomic E-state index is 0.307. The molecule has 2 atom stereocenters. The summed E-state index contributed by atoms with van der Waals surface area (Å²) >= 11 is 0. The van der Waals surface area contributed by atoms with Gasteiger partial charge in [-0.3, -0.25) is 4.79 Å². The Hall–Kier alpha value is -3.71. The number of hydrogen-bond donors (Lipinski definition) is 2. The number of fused-ring (bicyclic) bond motifs is 3. The Morgan fingerprint density at radius 3 is 2.81 bits per heavy atom. The molecule has 0 radical (unpaired) electrons. The Bertz CT molecular complexity index is 1210. The van der Waals surface area contributed by atoms with Gasteiger partial charge in [0.25, 0.3) is 0 Å². The van der Waals surface area contributed by atoms with Crippen LogP contribution in [0.3, 0.4) is 0 Å². The maximum atomic E-state index is 11.2. The second-order valence-electron chi connectivity index (χ2n) is 7.86. The van der Waals surface area contributed by atoms with Crippen molar-refractivity contribution < 1.29 is 14.3 Å². The SMILES string of the molecule is COc1cccc(-c2cc(NCCC3=CC4NC4c4cc(C=O)ccc43)nc(OC)n2)c1. The first-order chi connectivity index (χ1) is 15.7. The van der Waals surface area contributed by atoms with E-state index in [-0.39, 0.29) is 0 Å². The standard InChI is InChI=1S/C25H24N4O3/c1-31-18-5-3-4-17(11-18)21-13-23(29-25(28-21)32-2)26-9-8-16-12-22-24(27-22)20-10-15(14-30)6-7-19(16)20/h3-7,10-14,22,24,27H,8-9H2,1-2H3,(H,26,28,29). The van der Waals surface area contributed by atoms with E-state index in [4.69, 9.17) is 9.47 Å². The van der Waals surface area contributed by atoms with Crippen molar-refractivity contribution in [2.45, 2.75) is 18.5 Å². The lowest BCUT2D eigenvalue weighted by Crippen LogP contribution is -2.09. The Morgan fingerprint density at radius 1 is 1.09 bits per heavy atom. The molecular weight excluding hydrogens is 404 g/mol. The van der Waals surface area contributed by atoms with Gasteiger partial charge in [-0.1, -0.05) is 30.3 Å². The van der Waals surface area contributed by atoms with Crippen molar-refractivity contribution in [1.29, 1.82) is 0 Å². The predicted molar refractivity (Wildman–Crippen MR) is 123 cm³/mol. The third-order valence-electron chi connectivity index (χ3n) is 5.85. The quantitative estimate of drug-likeness (QED) is 0.415. The number of aldehydes is 1. The Balaban J connectivity index is 1.33. The Labute approximate surface area is 186 Å². The lowest BCUT2D eigenvalue weighted by Gasteiger charge is -2.17. The van der Waals surface area contributed by atoms with E-state index in [0.717, 1.165) is 29.7 Å². The predicted octanol–water partition coefficient (Wildman–Crippen LogP) is 3.89. The van der Waals surface area contributed by atoms with Crippen molar-refractivity contribution in [3.63, 3.8) is 0 Å². The molecule has 2 heterocycles. The molecule has 7 heteroatoms. The van der Waals surface area contributed by atoms with Crippen LogP contribution in [0, 0.1) is 0 Å². The van der Waals surface area contributed by atoms with Crippen LogP contribution in [0.2, 0.25) is 0 Å². The van der Waals surface area contributed by atoms with Gasteiger partial charge < -0.3 is 20.1 Å². The summed E-state index contributed by atoms with van der Waals surface area (Å²) in [5, 5.41) is 6.87. The highest BCUT2D eigenvalue weighted by Gasteiger charge is 2.40. The van der Waals surface area contributed by atoms with Gasteiger partial charge >= 0.3 is 6.01 Å². The zero-order valence-electron chi connectivity index (χ0n) is 18.0. The number of nitrogens with one attached hydrogen (secondary N) is 2. The average molecular weight is 428 g/mol. The average Bonchev–Trinajstić information content (AvgIpc) is 3.63. The van der Waals surface area contributed by atoms with Gasteiger partial charge in [0, 0.05) is 29.8 Å². The number of aromatic nitrogens is 2. The number of ether oxygens (including phenoxy) is 2. The van der Waals surface area contributed by atoms with Gasteiger partial charge in [-0.15, -0.1) is 0 Å². The van der Waals surface area contributed by atoms with E-state index < -0.39 is 0 Å². The summed E-state index contributed by atoms with van der Waals surface area (Å²) in [7, 11) is 3.20. The van der Waals surface area contributed by atoms with Crippen LogP contribution in [0.15, 0.2) is 54.6 Å². The van der Waals surface area contributed by atoms with Gasteiger partial charge in [0.15, 0.2) is 0 Å². The monoisotopic (exact) mass is 428 g/mol. The minimum atomic E-state index is 0.307. The second-order valence-corrected chi connectivity index (χ2v) is 7.86. The molecule has 3 aromatic rings. The maximum absolute atomic E-state index is 11.2. The number of rotatable bonds is 8. The van der Waals surface area contributed by atoms with Crippen LogP contribution < -0.4 is 20.1 Å². The van der Waals surface area contributed by atoms with E-state index >= 15 is 0 Å². The van der Waals surface area contributed by atoms with Crippen LogP contribution in [0.4, 0.5) is 5.82 Å². The van der Waals surface area contributed by atoms with Crippen molar-refractivity contribution in [2.75, 3.05) is 26.1 Å². The van der Waals surface area contributed by atoms with E-state index in [1.54, 1.807) is 14.2 Å². The van der Waals surface area contributed by atoms with Crippen LogP contribution in [-0.4, -0.2) is 43.1 Å². The first-order valence-corrected chi connectivity index (χ1v) is 10.6. The van der Waals surface area contributed by atoms with Gasteiger partial charge in [0.2, 0.25) is 0 Å². The number of carbonyl (C=O) groups is 1. The summed E-state index contributed by atoms with van der Waals surface area (Å²) in [5.41, 5.74) is 6.09. The number of benzene rings is 2. The second kappa shape index (κ2) is 8.43. The highest BCUT2D eigenvalue weighted by Crippen LogP contribution is 2.42. The van der Waals surface area contributed by atoms with E-state index in [9.17, 15) is 4.79 Å². The van der Waals surface area contributed by atoms with Gasteiger partial charge in [-0.25, -0.2) is 0 Å². The molecule has 2 N–H and O–H groups in total. The highest BCUT2D eigenvalue weighted by molar-refractivity contribution is 5.80. The van der Waals surface area contributed by atoms with Crippen molar-refractivity contribution in [3.8, 4) is 23.0 Å². The van der Waals surface area contributed by atoms with Crippen molar-refractivity contribution in [2.24, 2.45) is 0 Å². The number of nitrogens with zero attached hydrogens (tertiary/aromatic N) is 2. The first kappa shape index (κ1) is 20.2. The molecule has 0 bridgehead atoms. The van der Waals surface area contributed by atoms with E-state index in [0.29, 0.717) is 36.0 Å². The minimum Gasteiger partial charge on any atom is -0.497 e. The molecule has 1 saturated heterocycles. The van der Waals surface area contributed by atoms with Crippen LogP contribution in [0.1, 0.15) is 33.9 Å². The molecule has 1 aromatic heterocycles. The third-order valence-corrected chi connectivity index (χ3v) is 5.85. The molecule has 0 saturated carbocycles. The molecule has 2 aliphatic rings. The molecule has 1 aliphatic heterocycles. The summed E-state index contributed by atoms with van der Waals surface area (Å²) in [6, 6.07) is 16.6. The molecule has 2 aromatic carbocycles. The molecular formula is C25H24N4O3. The fourth-order valence-corrected chi connectivity index (χ4v) is 4.17. The topological polar surface area (TPSA) is 95.3 Å². The Morgan fingerprint density at radius 2 is 2.00 bits per heavy atom. The third kappa shape index (κ3) is 3.94. The van der Waals surface area contributed by atoms with Crippen molar-refractivity contribution in [3.05, 3.63) is 71.3 Å². The van der Waals surface area contributed by atoms with Crippen molar-refractivity contribution >= 4 is 17.7 Å². The largest absolute Gasteiger partial charge is 0.497 e. The molecule has 0 spiro atoms. The van der Waals surface area contributed by atoms with E-state index in [1.807, 2.05) is 42.5 Å². The number of anilines is 1. The van der Waals surface area contributed by atoms with Gasteiger partial charge in [0.1, 0.15) is 17.9 Å². The van der Waals surface area contributed by atoms with E-state index in [1.165, 1.54) is 16.7 Å². The summed E-state index contributed by atoms with van der Waals surface area (Å²) in [4.78, 5) is 20.1. The van der Waals surface area contributed by atoms with E-state index in [2.05, 4.69) is 32.7 Å². The summed E-state index contributed by atoms with van der Waals surface area (Å²) in [6.07, 6.45) is 4.02. The zero-order chi connectivity index (χ0) is 22.1. The number of methoxy groups -OCH3 is 2. The lowest BCUT2D eigenvalue weighted by molar-refractivity contribution is 0.112. The normalized spacial score (nSPS) is 18.1. The molecule has 32 heavy (non-hydrogen) atoms.